The number of nitrogens with zero attached hydrogens (tertiary/aromatic N) is 4. The summed E-state index contributed by atoms with van der Waals surface area (Å²) in [5.41, 5.74) is 8.34. The van der Waals surface area contributed by atoms with Crippen LogP contribution in [0, 0.1) is 10.1 Å². The number of hydrogen-bond donors (Lipinski definition) is 2. The summed E-state index contributed by atoms with van der Waals surface area (Å²) in [6.07, 6.45) is 4.79. The van der Waals surface area contributed by atoms with Crippen molar-refractivity contribution in [2.75, 3.05) is 7.11 Å². The van der Waals surface area contributed by atoms with Gasteiger partial charge in [-0.05, 0) is 23.8 Å². The lowest BCUT2D eigenvalue weighted by Gasteiger charge is -2.07. The molecule has 23 heavy (non-hydrogen) atoms. The van der Waals surface area contributed by atoms with Gasteiger partial charge in [-0.3, -0.25) is 15.5 Å². The molecule has 0 saturated carbocycles. The number of rotatable bonds is 6. The Kier molecular flexibility index (Phi) is 5.20. The second kappa shape index (κ2) is 7.31. The van der Waals surface area contributed by atoms with Crippen LogP contribution in [0.4, 0.5) is 5.69 Å². The molecular weight excluding hydrogens is 320 g/mol. The predicted molar refractivity (Wildman–Crippen MR) is 88.5 cm³/mol. The van der Waals surface area contributed by atoms with E-state index in [-0.39, 0.29) is 16.5 Å². The van der Waals surface area contributed by atoms with Gasteiger partial charge in [0.1, 0.15) is 0 Å². The van der Waals surface area contributed by atoms with E-state index in [9.17, 15) is 10.1 Å². The number of hydrazone groups is 1. The van der Waals surface area contributed by atoms with Gasteiger partial charge >= 0.3 is 5.69 Å². The van der Waals surface area contributed by atoms with Gasteiger partial charge in [0.2, 0.25) is 0 Å². The summed E-state index contributed by atoms with van der Waals surface area (Å²) in [4.78, 5) is 14.7. The summed E-state index contributed by atoms with van der Waals surface area (Å²) in [7, 11) is 1.39. The SMILES string of the molecule is COc1ccc(Cn2ccnc2/C=N\NC(N)=S)cc1[N+](=O)[O-]. The van der Waals surface area contributed by atoms with Crippen molar-refractivity contribution in [2.24, 2.45) is 10.8 Å². The fourth-order valence-electron chi connectivity index (χ4n) is 1.91. The van der Waals surface area contributed by atoms with Crippen LogP contribution in [0.1, 0.15) is 11.4 Å². The quantitative estimate of drug-likeness (QED) is 0.350. The summed E-state index contributed by atoms with van der Waals surface area (Å²) in [5.74, 6) is 0.763. The largest absolute Gasteiger partial charge is 0.490 e. The number of methoxy groups -OCH3 is 1. The Labute approximate surface area is 136 Å². The number of nitrogens with two attached hydrogens (primary N) is 1. The molecule has 1 aromatic heterocycles. The maximum absolute atomic E-state index is 11.1. The maximum Gasteiger partial charge on any atom is 0.311 e. The molecule has 1 aromatic carbocycles. The molecule has 0 spiro atoms. The van der Waals surface area contributed by atoms with Crippen LogP contribution in [0.15, 0.2) is 35.7 Å². The standard InChI is InChI=1S/C13H14N6O3S/c1-22-11-3-2-9(6-10(11)19(20)21)8-18-5-4-15-12(18)7-16-17-13(14)23/h2-7H,8H2,1H3,(H3,14,17,23)/b16-7-. The predicted octanol–water partition coefficient (Wildman–Crippen LogP) is 1.02. The molecule has 0 aliphatic carbocycles. The van der Waals surface area contributed by atoms with Crippen LogP contribution in [-0.2, 0) is 6.54 Å². The highest BCUT2D eigenvalue weighted by molar-refractivity contribution is 7.80. The minimum atomic E-state index is -0.481. The molecule has 10 heteroatoms. The molecule has 0 radical (unpaired) electrons. The van der Waals surface area contributed by atoms with Gasteiger partial charge in [-0.1, -0.05) is 6.07 Å². The third-order valence-corrected chi connectivity index (χ3v) is 2.99. The smallest absolute Gasteiger partial charge is 0.311 e. The van der Waals surface area contributed by atoms with Crippen molar-refractivity contribution in [3.8, 4) is 5.75 Å². The van der Waals surface area contributed by atoms with Gasteiger partial charge in [-0.2, -0.15) is 5.10 Å². The number of hydrogen-bond acceptors (Lipinski definition) is 6. The summed E-state index contributed by atoms with van der Waals surface area (Å²) >= 11 is 4.64. The number of nitro groups is 1. The van der Waals surface area contributed by atoms with Gasteiger partial charge in [0.25, 0.3) is 0 Å². The van der Waals surface area contributed by atoms with Crippen molar-refractivity contribution in [1.82, 2.24) is 15.0 Å². The summed E-state index contributed by atoms with van der Waals surface area (Å²) in [6, 6.07) is 4.78. The van der Waals surface area contributed by atoms with Crippen LogP contribution in [0.25, 0.3) is 0 Å². The lowest BCUT2D eigenvalue weighted by molar-refractivity contribution is -0.385. The molecule has 2 rings (SSSR count). The van der Waals surface area contributed by atoms with Crippen LogP contribution in [-0.4, -0.2) is 32.9 Å². The topological polar surface area (TPSA) is 121 Å². The Morgan fingerprint density at radius 1 is 1.65 bits per heavy atom. The normalized spacial score (nSPS) is 10.7. The summed E-state index contributed by atoms with van der Waals surface area (Å²) < 4.78 is 6.76. The molecular formula is C13H14N6O3S. The number of imidazole rings is 1. The Balaban J connectivity index is 2.22. The van der Waals surface area contributed by atoms with Crippen LogP contribution in [0.3, 0.4) is 0 Å². The van der Waals surface area contributed by atoms with E-state index in [1.54, 1.807) is 29.1 Å². The molecule has 9 nitrogen and oxygen atoms in total. The number of aromatic nitrogens is 2. The molecule has 0 unspecified atom stereocenters. The molecule has 0 fully saturated rings. The molecule has 120 valence electrons. The highest BCUT2D eigenvalue weighted by Gasteiger charge is 2.15. The first kappa shape index (κ1) is 16.4. The zero-order chi connectivity index (χ0) is 16.8. The summed E-state index contributed by atoms with van der Waals surface area (Å²) in [6.45, 7) is 0.388. The van der Waals surface area contributed by atoms with Crippen molar-refractivity contribution >= 4 is 29.2 Å². The lowest BCUT2D eigenvalue weighted by Crippen LogP contribution is -2.24. The van der Waals surface area contributed by atoms with E-state index < -0.39 is 4.92 Å². The third-order valence-electron chi connectivity index (χ3n) is 2.90. The minimum Gasteiger partial charge on any atom is -0.490 e. The van der Waals surface area contributed by atoms with E-state index >= 15 is 0 Å². The van der Waals surface area contributed by atoms with Gasteiger partial charge in [-0.15, -0.1) is 0 Å². The zero-order valence-corrected chi connectivity index (χ0v) is 13.0. The van der Waals surface area contributed by atoms with E-state index in [0.717, 1.165) is 5.56 Å². The van der Waals surface area contributed by atoms with E-state index in [1.807, 2.05) is 0 Å². The molecule has 0 saturated heterocycles. The van der Waals surface area contributed by atoms with Crippen LogP contribution < -0.4 is 15.9 Å². The summed E-state index contributed by atoms with van der Waals surface area (Å²) in [5, 5.41) is 14.9. The second-order valence-corrected chi connectivity index (χ2v) is 4.85. The van der Waals surface area contributed by atoms with E-state index in [4.69, 9.17) is 10.5 Å². The molecule has 0 aliphatic rings. The fraction of sp³-hybridized carbons (Fsp3) is 0.154. The lowest BCUT2D eigenvalue weighted by atomic mass is 10.2. The highest BCUT2D eigenvalue weighted by Crippen LogP contribution is 2.27. The first-order chi connectivity index (χ1) is 11.0. The van der Waals surface area contributed by atoms with Gasteiger partial charge in [-0.25, -0.2) is 4.98 Å². The Morgan fingerprint density at radius 2 is 2.43 bits per heavy atom. The first-order valence-corrected chi connectivity index (χ1v) is 6.83. The average Bonchev–Trinajstić information content (AvgIpc) is 2.94. The maximum atomic E-state index is 11.1. The number of benzene rings is 1. The van der Waals surface area contributed by atoms with E-state index in [1.165, 1.54) is 19.4 Å². The monoisotopic (exact) mass is 334 g/mol. The highest BCUT2D eigenvalue weighted by atomic mass is 32.1. The Bertz CT molecular complexity index is 758. The van der Waals surface area contributed by atoms with Crippen molar-refractivity contribution < 1.29 is 9.66 Å². The van der Waals surface area contributed by atoms with E-state index in [2.05, 4.69) is 27.7 Å². The number of ether oxygens (including phenoxy) is 1. The van der Waals surface area contributed by atoms with Crippen LogP contribution >= 0.6 is 12.2 Å². The number of thiocarbonyl (C=S) groups is 1. The molecule has 1 heterocycles. The molecule has 3 N–H and O–H groups in total. The first-order valence-electron chi connectivity index (χ1n) is 6.42. The van der Waals surface area contributed by atoms with Gasteiger partial charge in [0.15, 0.2) is 16.7 Å². The van der Waals surface area contributed by atoms with Crippen LogP contribution in [0.5, 0.6) is 5.75 Å². The zero-order valence-electron chi connectivity index (χ0n) is 12.2. The molecule has 0 bridgehead atoms. The molecule has 2 aromatic rings. The van der Waals surface area contributed by atoms with Crippen molar-refractivity contribution in [1.29, 1.82) is 0 Å². The van der Waals surface area contributed by atoms with E-state index in [0.29, 0.717) is 12.4 Å². The average molecular weight is 334 g/mol. The second-order valence-electron chi connectivity index (χ2n) is 4.41. The fourth-order valence-corrected chi connectivity index (χ4v) is 1.96. The Hall–Kier alpha value is -3.01. The number of nitrogens with one attached hydrogen (secondary N) is 1. The van der Waals surface area contributed by atoms with Gasteiger partial charge in [0.05, 0.1) is 18.2 Å². The molecule has 0 amide bonds. The minimum absolute atomic E-state index is 0.0464. The molecule has 0 atom stereocenters. The van der Waals surface area contributed by atoms with Crippen LogP contribution in [0.2, 0.25) is 0 Å². The molecule has 0 aliphatic heterocycles. The van der Waals surface area contributed by atoms with Gasteiger partial charge in [0, 0.05) is 25.0 Å². The van der Waals surface area contributed by atoms with Crippen molar-refractivity contribution in [2.45, 2.75) is 6.54 Å². The number of nitro benzene ring substituents is 1. The van der Waals surface area contributed by atoms with Gasteiger partial charge < -0.3 is 15.0 Å². The third kappa shape index (κ3) is 4.23. The van der Waals surface area contributed by atoms with Crippen molar-refractivity contribution in [3.05, 3.63) is 52.1 Å². The Morgan fingerprint density at radius 3 is 3.09 bits per heavy atom. The van der Waals surface area contributed by atoms with Crippen molar-refractivity contribution in [3.63, 3.8) is 0 Å².